The molecule has 2 heteroatoms. The SMILES string of the molecule is NCCc1cc[c-]cc1.[Y]. The van der Waals surface area contributed by atoms with Gasteiger partial charge in [0.25, 0.3) is 0 Å². The van der Waals surface area contributed by atoms with E-state index in [0.717, 1.165) is 13.0 Å². The molecule has 0 heterocycles. The molecule has 0 spiro atoms. The minimum Gasteiger partial charge on any atom is -0.330 e. The summed E-state index contributed by atoms with van der Waals surface area (Å²) in [6.45, 7) is 0.726. The third-order valence-electron chi connectivity index (χ3n) is 1.22. The molecular formula is C8H10NY-. The third-order valence-corrected chi connectivity index (χ3v) is 1.22. The second kappa shape index (κ2) is 6.02. The van der Waals surface area contributed by atoms with Gasteiger partial charge in [-0.3, -0.25) is 0 Å². The Kier molecular flexibility index (Phi) is 6.20. The summed E-state index contributed by atoms with van der Waals surface area (Å²) in [5.41, 5.74) is 6.64. The summed E-state index contributed by atoms with van der Waals surface area (Å²) in [5.74, 6) is 0. The first-order chi connectivity index (χ1) is 4.43. The predicted octanol–water partition coefficient (Wildman–Crippen LogP) is 0.985. The second-order valence-corrected chi connectivity index (χ2v) is 1.95. The molecule has 51 valence electrons. The zero-order chi connectivity index (χ0) is 6.53. The van der Waals surface area contributed by atoms with Gasteiger partial charge in [0.1, 0.15) is 0 Å². The zero-order valence-electron chi connectivity index (χ0n) is 5.88. The van der Waals surface area contributed by atoms with E-state index in [1.807, 2.05) is 24.3 Å². The van der Waals surface area contributed by atoms with Crippen LogP contribution in [0.2, 0.25) is 0 Å². The maximum atomic E-state index is 5.35. The van der Waals surface area contributed by atoms with Gasteiger partial charge in [-0.05, 0) is 13.0 Å². The van der Waals surface area contributed by atoms with Crippen molar-refractivity contribution in [2.45, 2.75) is 6.42 Å². The van der Waals surface area contributed by atoms with Gasteiger partial charge in [0.05, 0.1) is 0 Å². The monoisotopic (exact) mass is 209 g/mol. The Morgan fingerprint density at radius 1 is 1.30 bits per heavy atom. The standard InChI is InChI=1S/C8H10N.Y/c9-7-6-8-4-2-1-3-5-8;/h2-5H,6-7,9H2;/q-1;. The van der Waals surface area contributed by atoms with Gasteiger partial charge in [0, 0.05) is 32.7 Å². The van der Waals surface area contributed by atoms with Crippen LogP contribution in [0.4, 0.5) is 0 Å². The summed E-state index contributed by atoms with van der Waals surface area (Å²) < 4.78 is 0. The van der Waals surface area contributed by atoms with E-state index in [1.54, 1.807) is 0 Å². The van der Waals surface area contributed by atoms with Crippen LogP contribution >= 0.6 is 0 Å². The molecule has 2 N–H and O–H groups in total. The van der Waals surface area contributed by atoms with Gasteiger partial charge in [-0.15, -0.1) is 0 Å². The van der Waals surface area contributed by atoms with Crippen molar-refractivity contribution in [1.29, 1.82) is 0 Å². The number of benzene rings is 1. The third kappa shape index (κ3) is 3.45. The van der Waals surface area contributed by atoms with Gasteiger partial charge in [0.2, 0.25) is 0 Å². The fraction of sp³-hybridized carbons (Fsp3) is 0.250. The van der Waals surface area contributed by atoms with Crippen molar-refractivity contribution in [1.82, 2.24) is 0 Å². The molecular weight excluding hydrogens is 199 g/mol. The van der Waals surface area contributed by atoms with E-state index in [1.165, 1.54) is 5.56 Å². The van der Waals surface area contributed by atoms with E-state index in [9.17, 15) is 0 Å². The number of hydrogen-bond acceptors (Lipinski definition) is 1. The van der Waals surface area contributed by atoms with E-state index < -0.39 is 0 Å². The van der Waals surface area contributed by atoms with Crippen molar-refractivity contribution >= 4 is 0 Å². The van der Waals surface area contributed by atoms with Crippen molar-refractivity contribution < 1.29 is 32.7 Å². The molecule has 0 saturated carbocycles. The van der Waals surface area contributed by atoms with Crippen molar-refractivity contribution in [3.05, 3.63) is 35.9 Å². The van der Waals surface area contributed by atoms with E-state index in [0.29, 0.717) is 0 Å². The van der Waals surface area contributed by atoms with Crippen LogP contribution in [-0.2, 0) is 39.1 Å². The first kappa shape index (κ1) is 10.3. The van der Waals surface area contributed by atoms with Crippen molar-refractivity contribution in [2.24, 2.45) is 5.73 Å². The molecule has 0 aromatic heterocycles. The largest absolute Gasteiger partial charge is 0.330 e. The molecule has 0 aliphatic carbocycles. The molecule has 0 atom stereocenters. The van der Waals surface area contributed by atoms with Crippen LogP contribution in [0, 0.1) is 6.07 Å². The van der Waals surface area contributed by atoms with Crippen LogP contribution < -0.4 is 5.73 Å². The van der Waals surface area contributed by atoms with Gasteiger partial charge < -0.3 is 5.73 Å². The van der Waals surface area contributed by atoms with Crippen LogP contribution in [0.15, 0.2) is 24.3 Å². The molecule has 0 unspecified atom stereocenters. The Hall–Kier alpha value is 0.284. The zero-order valence-corrected chi connectivity index (χ0v) is 8.72. The van der Waals surface area contributed by atoms with Crippen molar-refractivity contribution in [3.63, 3.8) is 0 Å². The Morgan fingerprint density at radius 3 is 2.40 bits per heavy atom. The molecule has 1 aromatic carbocycles. The van der Waals surface area contributed by atoms with Crippen LogP contribution in [0.5, 0.6) is 0 Å². The summed E-state index contributed by atoms with van der Waals surface area (Å²) in [7, 11) is 0. The first-order valence-electron chi connectivity index (χ1n) is 3.08. The number of nitrogens with two attached hydrogens (primary N) is 1. The van der Waals surface area contributed by atoms with E-state index in [2.05, 4.69) is 6.07 Å². The average Bonchev–Trinajstić information content (AvgIpc) is 1.91. The maximum Gasteiger partial charge on any atom is 0 e. The van der Waals surface area contributed by atoms with Gasteiger partial charge in [-0.1, -0.05) is 0 Å². The molecule has 0 bridgehead atoms. The van der Waals surface area contributed by atoms with Crippen LogP contribution in [0.1, 0.15) is 5.56 Å². The van der Waals surface area contributed by atoms with Crippen molar-refractivity contribution in [2.75, 3.05) is 6.54 Å². The minimum absolute atomic E-state index is 0. The van der Waals surface area contributed by atoms with E-state index >= 15 is 0 Å². The summed E-state index contributed by atoms with van der Waals surface area (Å²) in [6.07, 6.45) is 0.967. The molecule has 0 aliphatic rings. The smallest absolute Gasteiger partial charge is 0 e. The Morgan fingerprint density at radius 2 is 1.90 bits per heavy atom. The summed E-state index contributed by atoms with van der Waals surface area (Å²) >= 11 is 0. The summed E-state index contributed by atoms with van der Waals surface area (Å²) in [6, 6.07) is 10.8. The number of rotatable bonds is 2. The van der Waals surface area contributed by atoms with E-state index in [-0.39, 0.29) is 32.7 Å². The molecule has 10 heavy (non-hydrogen) atoms. The fourth-order valence-corrected chi connectivity index (χ4v) is 0.755. The predicted molar refractivity (Wildman–Crippen MR) is 38.0 cm³/mol. The minimum atomic E-state index is 0. The molecule has 0 aliphatic heterocycles. The second-order valence-electron chi connectivity index (χ2n) is 1.95. The van der Waals surface area contributed by atoms with Gasteiger partial charge in [-0.25, -0.2) is 0 Å². The van der Waals surface area contributed by atoms with Gasteiger partial charge in [-0.2, -0.15) is 35.9 Å². The Balaban J connectivity index is 0.000000810. The van der Waals surface area contributed by atoms with Crippen molar-refractivity contribution in [3.8, 4) is 0 Å². The van der Waals surface area contributed by atoms with Crippen LogP contribution in [0.25, 0.3) is 0 Å². The maximum absolute atomic E-state index is 5.35. The molecule has 0 saturated heterocycles. The van der Waals surface area contributed by atoms with Gasteiger partial charge >= 0.3 is 0 Å². The molecule has 1 nitrogen and oxygen atoms in total. The Bertz CT molecular complexity index is 162. The summed E-state index contributed by atoms with van der Waals surface area (Å²) in [4.78, 5) is 0. The van der Waals surface area contributed by atoms with Crippen LogP contribution in [0.3, 0.4) is 0 Å². The number of hydrogen-bond donors (Lipinski definition) is 1. The summed E-state index contributed by atoms with van der Waals surface area (Å²) in [5, 5.41) is 0. The normalized spacial score (nSPS) is 8.50. The molecule has 1 radical (unpaired) electrons. The molecule has 1 rings (SSSR count). The Labute approximate surface area is 86.9 Å². The molecule has 1 aromatic rings. The fourth-order valence-electron chi connectivity index (χ4n) is 0.755. The molecule has 0 fully saturated rings. The average molecular weight is 209 g/mol. The van der Waals surface area contributed by atoms with Gasteiger partial charge in [0.15, 0.2) is 0 Å². The quantitative estimate of drug-likeness (QED) is 0.722. The molecule has 0 amide bonds. The first-order valence-corrected chi connectivity index (χ1v) is 3.08. The van der Waals surface area contributed by atoms with Crippen LogP contribution in [-0.4, -0.2) is 6.54 Å². The topological polar surface area (TPSA) is 26.0 Å². The van der Waals surface area contributed by atoms with E-state index in [4.69, 9.17) is 5.73 Å².